The van der Waals surface area contributed by atoms with Gasteiger partial charge >= 0.3 is 5.97 Å². The van der Waals surface area contributed by atoms with Crippen LogP contribution in [0.4, 0.5) is 13.8 Å². The molecule has 1 fully saturated rings. The van der Waals surface area contributed by atoms with E-state index in [9.17, 15) is 13.6 Å². The molecule has 20 heavy (non-hydrogen) atoms. The predicted octanol–water partition coefficient (Wildman–Crippen LogP) is 2.91. The van der Waals surface area contributed by atoms with Gasteiger partial charge in [-0.3, -0.25) is 0 Å². The maximum Gasteiger partial charge on any atom is 0.367 e. The summed E-state index contributed by atoms with van der Waals surface area (Å²) < 4.78 is 25.4. The Morgan fingerprint density at radius 2 is 2.10 bits per heavy atom. The number of carbonyl (C=O) groups is 1. The molecule has 3 heterocycles. The quantitative estimate of drug-likeness (QED) is 0.636. The normalized spacial score (nSPS) is 20.9. The van der Waals surface area contributed by atoms with Gasteiger partial charge < -0.3 is 9.74 Å². The second kappa shape index (κ2) is 5.32. The van der Waals surface area contributed by atoms with Crippen LogP contribution in [0.1, 0.15) is 17.7 Å². The molecule has 1 aromatic heterocycles. The second-order valence-corrected chi connectivity index (χ2v) is 5.68. The third-order valence-corrected chi connectivity index (χ3v) is 4.34. The highest BCUT2D eigenvalue weighted by molar-refractivity contribution is 7.17. The van der Waals surface area contributed by atoms with Gasteiger partial charge in [-0.1, -0.05) is 5.16 Å². The van der Waals surface area contributed by atoms with Crippen molar-refractivity contribution >= 4 is 34.1 Å². The van der Waals surface area contributed by atoms with Crippen molar-refractivity contribution in [2.24, 2.45) is 5.16 Å². The molecule has 0 bridgehead atoms. The zero-order valence-electron chi connectivity index (χ0n) is 10.5. The first-order valence-electron chi connectivity index (χ1n) is 6.29. The highest BCUT2D eigenvalue weighted by atomic mass is 32.1. The molecule has 2 aliphatic rings. The highest BCUT2D eigenvalue weighted by Crippen LogP contribution is 2.31. The van der Waals surface area contributed by atoms with E-state index in [1.54, 1.807) is 0 Å². The number of alkyl halides is 2. The van der Waals surface area contributed by atoms with Crippen molar-refractivity contribution < 1.29 is 18.4 Å². The van der Waals surface area contributed by atoms with E-state index in [0.29, 0.717) is 0 Å². The van der Waals surface area contributed by atoms with Crippen LogP contribution in [-0.4, -0.2) is 31.2 Å². The molecule has 7 heteroatoms. The molecule has 4 nitrogen and oxygen atoms in total. The number of carbonyl (C=O) groups excluding carboxylic acids is 1. The van der Waals surface area contributed by atoms with Crippen molar-refractivity contribution in [2.45, 2.75) is 19.3 Å². The van der Waals surface area contributed by atoms with E-state index >= 15 is 0 Å². The minimum absolute atomic E-state index is 0.158. The summed E-state index contributed by atoms with van der Waals surface area (Å²) in [5.41, 5.74) is -0.749. The lowest BCUT2D eigenvalue weighted by atomic mass is 10.1. The van der Waals surface area contributed by atoms with Crippen LogP contribution < -0.4 is 4.90 Å². The molecule has 106 valence electrons. The molecule has 0 aliphatic carbocycles. The monoisotopic (exact) mass is 298 g/mol. The molecule has 0 amide bonds. The van der Waals surface area contributed by atoms with Gasteiger partial charge in [0.2, 0.25) is 0 Å². The van der Waals surface area contributed by atoms with Crippen molar-refractivity contribution in [3.05, 3.63) is 22.6 Å². The number of rotatable bonds is 3. The van der Waals surface area contributed by atoms with E-state index in [1.807, 2.05) is 12.1 Å². The lowest BCUT2D eigenvalue weighted by Crippen LogP contribution is -2.15. The first kappa shape index (κ1) is 13.2. The number of oxime groups is 1. The second-order valence-electron chi connectivity index (χ2n) is 4.58. The molecule has 0 unspecified atom stereocenters. The maximum absolute atomic E-state index is 12.7. The van der Waals surface area contributed by atoms with Gasteiger partial charge in [0.1, 0.15) is 0 Å². The SMILES string of the molecule is O=C1ON=C(C(F)F)C1=Cc1ccc(N2CCCC2)s1. The summed E-state index contributed by atoms with van der Waals surface area (Å²) in [6.45, 7) is 2.03. The summed E-state index contributed by atoms with van der Waals surface area (Å²) in [4.78, 5) is 18.7. The van der Waals surface area contributed by atoms with E-state index in [1.165, 1.54) is 30.3 Å². The van der Waals surface area contributed by atoms with E-state index in [0.717, 1.165) is 23.0 Å². The fourth-order valence-electron chi connectivity index (χ4n) is 2.25. The fraction of sp³-hybridized carbons (Fsp3) is 0.385. The first-order chi connectivity index (χ1) is 9.65. The molecule has 0 radical (unpaired) electrons. The van der Waals surface area contributed by atoms with Crippen LogP contribution in [0.5, 0.6) is 0 Å². The van der Waals surface area contributed by atoms with Crippen molar-refractivity contribution in [3.8, 4) is 0 Å². The van der Waals surface area contributed by atoms with Gasteiger partial charge in [0.05, 0.1) is 10.6 Å². The lowest BCUT2D eigenvalue weighted by Gasteiger charge is -2.13. The molecule has 0 saturated carbocycles. The van der Waals surface area contributed by atoms with Gasteiger partial charge in [-0.25, -0.2) is 13.6 Å². The molecule has 0 spiro atoms. The Morgan fingerprint density at radius 1 is 1.35 bits per heavy atom. The smallest absolute Gasteiger partial charge is 0.363 e. The Labute approximate surface area is 118 Å². The zero-order valence-corrected chi connectivity index (χ0v) is 11.3. The Kier molecular flexibility index (Phi) is 3.52. The van der Waals surface area contributed by atoms with Crippen LogP contribution in [0.15, 0.2) is 22.9 Å². The number of halogens is 2. The van der Waals surface area contributed by atoms with E-state index in [4.69, 9.17) is 0 Å². The van der Waals surface area contributed by atoms with Crippen molar-refractivity contribution in [2.75, 3.05) is 18.0 Å². The van der Waals surface area contributed by atoms with E-state index in [2.05, 4.69) is 14.9 Å². The van der Waals surface area contributed by atoms with Crippen LogP contribution >= 0.6 is 11.3 Å². The molecular weight excluding hydrogens is 286 g/mol. The van der Waals surface area contributed by atoms with Gasteiger partial charge in [-0.2, -0.15) is 0 Å². The lowest BCUT2D eigenvalue weighted by molar-refractivity contribution is -0.136. The Morgan fingerprint density at radius 3 is 2.80 bits per heavy atom. The third kappa shape index (κ3) is 2.45. The average molecular weight is 298 g/mol. The Hall–Kier alpha value is -1.76. The topological polar surface area (TPSA) is 41.9 Å². The van der Waals surface area contributed by atoms with Gasteiger partial charge in [0.15, 0.2) is 5.71 Å². The van der Waals surface area contributed by atoms with E-state index in [-0.39, 0.29) is 5.57 Å². The molecule has 0 N–H and O–H groups in total. The van der Waals surface area contributed by atoms with E-state index < -0.39 is 18.1 Å². The maximum atomic E-state index is 12.7. The summed E-state index contributed by atoms with van der Waals surface area (Å²) in [6, 6.07) is 3.77. The average Bonchev–Trinajstić information content (AvgIpc) is 3.12. The minimum atomic E-state index is -2.81. The van der Waals surface area contributed by atoms with Gasteiger partial charge in [-0.05, 0) is 31.1 Å². The first-order valence-corrected chi connectivity index (χ1v) is 7.11. The highest BCUT2D eigenvalue weighted by Gasteiger charge is 2.32. The van der Waals surface area contributed by atoms with Crippen molar-refractivity contribution in [3.63, 3.8) is 0 Å². The molecule has 2 aliphatic heterocycles. The summed E-state index contributed by atoms with van der Waals surface area (Å²) >= 11 is 1.47. The molecular formula is C13H12F2N2O2S. The summed E-state index contributed by atoms with van der Waals surface area (Å²) in [7, 11) is 0. The van der Waals surface area contributed by atoms with Crippen LogP contribution in [0.25, 0.3) is 6.08 Å². The molecule has 3 rings (SSSR count). The minimum Gasteiger partial charge on any atom is -0.363 e. The number of hydrogen-bond donors (Lipinski definition) is 0. The number of nitrogens with zero attached hydrogens (tertiary/aromatic N) is 2. The number of hydrogen-bond acceptors (Lipinski definition) is 5. The zero-order chi connectivity index (χ0) is 14.1. The molecule has 1 aromatic rings. The van der Waals surface area contributed by atoms with Crippen LogP contribution in [-0.2, 0) is 9.63 Å². The fourth-order valence-corrected chi connectivity index (χ4v) is 3.26. The van der Waals surface area contributed by atoms with Gasteiger partial charge in [0.25, 0.3) is 6.43 Å². The Bertz CT molecular complexity index is 589. The largest absolute Gasteiger partial charge is 0.367 e. The van der Waals surface area contributed by atoms with Crippen LogP contribution in [0, 0.1) is 0 Å². The molecule has 1 saturated heterocycles. The summed E-state index contributed by atoms with van der Waals surface area (Å²) in [5, 5.41) is 4.21. The predicted molar refractivity (Wildman–Crippen MR) is 73.3 cm³/mol. The van der Waals surface area contributed by atoms with Crippen LogP contribution in [0.3, 0.4) is 0 Å². The van der Waals surface area contributed by atoms with Crippen LogP contribution in [0.2, 0.25) is 0 Å². The third-order valence-electron chi connectivity index (χ3n) is 3.25. The Balaban J connectivity index is 1.84. The number of anilines is 1. The van der Waals surface area contributed by atoms with Gasteiger partial charge in [-0.15, -0.1) is 11.3 Å². The number of thiophene rings is 1. The summed E-state index contributed by atoms with van der Waals surface area (Å²) in [6.07, 6.45) is 0.946. The summed E-state index contributed by atoms with van der Waals surface area (Å²) in [5.74, 6) is -0.823. The molecule has 0 aromatic carbocycles. The van der Waals surface area contributed by atoms with Crippen molar-refractivity contribution in [1.29, 1.82) is 0 Å². The standard InChI is InChI=1S/C13H12F2N2O2S/c14-12(15)11-9(13(18)19-16-11)7-8-3-4-10(20-8)17-5-1-2-6-17/h3-4,7,12H,1-2,5-6H2. The van der Waals surface area contributed by atoms with Gasteiger partial charge in [0, 0.05) is 18.0 Å². The van der Waals surface area contributed by atoms with Crippen molar-refractivity contribution in [1.82, 2.24) is 0 Å². The molecule has 0 atom stereocenters.